The molecule has 0 aliphatic carbocycles. The Labute approximate surface area is 115 Å². The number of hydrogen-bond donors (Lipinski definition) is 1. The van der Waals surface area contributed by atoms with Crippen LogP contribution in [0.3, 0.4) is 0 Å². The lowest BCUT2D eigenvalue weighted by Crippen LogP contribution is -2.34. The van der Waals surface area contributed by atoms with E-state index >= 15 is 0 Å². The summed E-state index contributed by atoms with van der Waals surface area (Å²) in [5.41, 5.74) is 6.09. The summed E-state index contributed by atoms with van der Waals surface area (Å²) in [6, 6.07) is 5.22. The Balaban J connectivity index is 0.00000324. The van der Waals surface area contributed by atoms with E-state index in [4.69, 9.17) is 5.73 Å². The van der Waals surface area contributed by atoms with Gasteiger partial charge in [0.05, 0.1) is 0 Å². The van der Waals surface area contributed by atoms with Gasteiger partial charge in [0, 0.05) is 11.6 Å². The number of ether oxygens (including phenoxy) is 1. The standard InChI is InChI=1S/C12H15F4NO.ClH/c1-2-5-9(17)8-6-3-4-7-10(8)18-12(15,16)11(13)14;/h3-4,6-7,9,11H,2,5,17H2,1H3;1H/t9-;/m1./s1. The average Bonchev–Trinajstić information content (AvgIpc) is 2.29. The van der Waals surface area contributed by atoms with Gasteiger partial charge in [-0.05, 0) is 12.5 Å². The fourth-order valence-electron chi connectivity index (χ4n) is 1.54. The molecule has 0 radical (unpaired) electrons. The van der Waals surface area contributed by atoms with Crippen molar-refractivity contribution < 1.29 is 22.3 Å². The van der Waals surface area contributed by atoms with Gasteiger partial charge in [0.1, 0.15) is 5.75 Å². The zero-order valence-electron chi connectivity index (χ0n) is 10.3. The lowest BCUT2D eigenvalue weighted by atomic mass is 10.0. The van der Waals surface area contributed by atoms with E-state index in [-0.39, 0.29) is 18.2 Å². The molecule has 0 aliphatic rings. The highest BCUT2D eigenvalue weighted by atomic mass is 35.5. The maximum atomic E-state index is 12.8. The van der Waals surface area contributed by atoms with Crippen LogP contribution in [0.15, 0.2) is 24.3 Å². The highest BCUT2D eigenvalue weighted by Gasteiger charge is 2.44. The van der Waals surface area contributed by atoms with Crippen LogP contribution in [0.4, 0.5) is 17.6 Å². The molecule has 19 heavy (non-hydrogen) atoms. The van der Waals surface area contributed by atoms with Crippen LogP contribution in [0.25, 0.3) is 0 Å². The largest absolute Gasteiger partial charge is 0.461 e. The zero-order chi connectivity index (χ0) is 13.8. The Morgan fingerprint density at radius 2 is 1.84 bits per heavy atom. The Bertz CT molecular complexity index is 390. The van der Waals surface area contributed by atoms with E-state index in [0.29, 0.717) is 12.0 Å². The lowest BCUT2D eigenvalue weighted by Gasteiger charge is -2.21. The summed E-state index contributed by atoms with van der Waals surface area (Å²) >= 11 is 0. The number of alkyl halides is 4. The predicted molar refractivity (Wildman–Crippen MR) is 67.1 cm³/mol. The summed E-state index contributed by atoms with van der Waals surface area (Å²) in [6.07, 6.45) is -7.09. The van der Waals surface area contributed by atoms with Gasteiger partial charge in [-0.2, -0.15) is 17.6 Å². The summed E-state index contributed by atoms with van der Waals surface area (Å²) in [4.78, 5) is 0. The van der Waals surface area contributed by atoms with E-state index in [1.165, 1.54) is 18.2 Å². The van der Waals surface area contributed by atoms with Gasteiger partial charge in [-0.1, -0.05) is 31.5 Å². The second-order valence-electron chi connectivity index (χ2n) is 3.90. The first-order valence-corrected chi connectivity index (χ1v) is 5.58. The summed E-state index contributed by atoms with van der Waals surface area (Å²) in [5.74, 6) is -0.302. The summed E-state index contributed by atoms with van der Waals surface area (Å²) in [5, 5.41) is 0. The molecule has 0 fully saturated rings. The first-order valence-electron chi connectivity index (χ1n) is 5.58. The van der Waals surface area contributed by atoms with Crippen molar-refractivity contribution in [3.05, 3.63) is 29.8 Å². The Morgan fingerprint density at radius 3 is 2.37 bits per heavy atom. The Kier molecular flexibility index (Phi) is 7.15. The van der Waals surface area contributed by atoms with E-state index in [2.05, 4.69) is 4.74 Å². The minimum atomic E-state index is -4.51. The van der Waals surface area contributed by atoms with Gasteiger partial charge in [0.2, 0.25) is 0 Å². The molecule has 1 aromatic carbocycles. The van der Waals surface area contributed by atoms with Crippen molar-refractivity contribution in [3.8, 4) is 5.75 Å². The Morgan fingerprint density at radius 1 is 1.26 bits per heavy atom. The van der Waals surface area contributed by atoms with Crippen LogP contribution in [0.2, 0.25) is 0 Å². The van der Waals surface area contributed by atoms with Crippen molar-refractivity contribution in [1.29, 1.82) is 0 Å². The van der Waals surface area contributed by atoms with Crippen LogP contribution in [-0.4, -0.2) is 12.5 Å². The van der Waals surface area contributed by atoms with Crippen molar-refractivity contribution in [2.24, 2.45) is 5.73 Å². The highest BCUT2D eigenvalue weighted by Crippen LogP contribution is 2.32. The fourth-order valence-corrected chi connectivity index (χ4v) is 1.54. The summed E-state index contributed by atoms with van der Waals surface area (Å²) in [7, 11) is 0. The van der Waals surface area contributed by atoms with Gasteiger partial charge >= 0.3 is 12.5 Å². The summed E-state index contributed by atoms with van der Waals surface area (Å²) in [6.45, 7) is 1.89. The molecule has 1 atom stereocenters. The van der Waals surface area contributed by atoms with Crippen molar-refractivity contribution >= 4 is 12.4 Å². The first-order chi connectivity index (χ1) is 8.38. The van der Waals surface area contributed by atoms with Gasteiger partial charge in [0.15, 0.2) is 0 Å². The van der Waals surface area contributed by atoms with Crippen LogP contribution in [0, 0.1) is 0 Å². The third kappa shape index (κ3) is 4.87. The first kappa shape index (κ1) is 18.0. The molecule has 0 saturated carbocycles. The molecule has 0 spiro atoms. The van der Waals surface area contributed by atoms with Gasteiger partial charge in [0.25, 0.3) is 0 Å². The number of halogens is 5. The van der Waals surface area contributed by atoms with Crippen LogP contribution < -0.4 is 10.5 Å². The number of hydrogen-bond acceptors (Lipinski definition) is 2. The molecule has 0 saturated heterocycles. The number of para-hydroxylation sites is 1. The number of benzene rings is 1. The van der Waals surface area contributed by atoms with Crippen molar-refractivity contribution in [3.63, 3.8) is 0 Å². The van der Waals surface area contributed by atoms with Gasteiger partial charge in [-0.3, -0.25) is 0 Å². The molecule has 0 bridgehead atoms. The van der Waals surface area contributed by atoms with Crippen molar-refractivity contribution in [2.45, 2.75) is 38.3 Å². The molecular weight excluding hydrogens is 286 g/mol. The monoisotopic (exact) mass is 301 g/mol. The minimum absolute atomic E-state index is 0. The lowest BCUT2D eigenvalue weighted by molar-refractivity contribution is -0.253. The molecule has 0 unspecified atom stereocenters. The second kappa shape index (κ2) is 7.55. The summed E-state index contributed by atoms with van der Waals surface area (Å²) < 4.78 is 53.9. The van der Waals surface area contributed by atoms with E-state index in [1.54, 1.807) is 6.07 Å². The SMILES string of the molecule is CCC[C@@H](N)c1ccccc1OC(F)(F)C(F)F.Cl. The minimum Gasteiger partial charge on any atom is -0.428 e. The van der Waals surface area contributed by atoms with Gasteiger partial charge in [-0.25, -0.2) is 0 Å². The molecule has 0 aromatic heterocycles. The normalized spacial score (nSPS) is 13.0. The predicted octanol–water partition coefficient (Wildman–Crippen LogP) is 4.15. The molecule has 110 valence electrons. The highest BCUT2D eigenvalue weighted by molar-refractivity contribution is 5.85. The fraction of sp³-hybridized carbons (Fsp3) is 0.500. The van der Waals surface area contributed by atoms with E-state index in [0.717, 1.165) is 6.42 Å². The van der Waals surface area contributed by atoms with Gasteiger partial charge in [-0.15, -0.1) is 12.4 Å². The molecule has 2 nitrogen and oxygen atoms in total. The topological polar surface area (TPSA) is 35.2 Å². The third-order valence-corrected chi connectivity index (χ3v) is 2.42. The molecule has 1 rings (SSSR count). The van der Waals surface area contributed by atoms with Crippen LogP contribution in [0.5, 0.6) is 5.75 Å². The van der Waals surface area contributed by atoms with E-state index < -0.39 is 18.6 Å². The third-order valence-electron chi connectivity index (χ3n) is 2.42. The maximum absolute atomic E-state index is 12.8. The molecule has 0 heterocycles. The molecular formula is C12H16ClF4NO. The number of rotatable bonds is 6. The molecule has 1 aromatic rings. The van der Waals surface area contributed by atoms with Crippen molar-refractivity contribution in [2.75, 3.05) is 0 Å². The van der Waals surface area contributed by atoms with Crippen LogP contribution in [-0.2, 0) is 0 Å². The Hall–Kier alpha value is -1.01. The van der Waals surface area contributed by atoms with Crippen LogP contribution >= 0.6 is 12.4 Å². The number of nitrogens with two attached hydrogens (primary N) is 1. The molecule has 0 aliphatic heterocycles. The quantitative estimate of drug-likeness (QED) is 0.801. The molecule has 2 N–H and O–H groups in total. The van der Waals surface area contributed by atoms with Crippen LogP contribution in [0.1, 0.15) is 31.4 Å². The van der Waals surface area contributed by atoms with E-state index in [1.807, 2.05) is 6.92 Å². The molecule has 0 amide bonds. The smallest absolute Gasteiger partial charge is 0.428 e. The van der Waals surface area contributed by atoms with Crippen molar-refractivity contribution in [1.82, 2.24) is 0 Å². The average molecular weight is 302 g/mol. The van der Waals surface area contributed by atoms with E-state index in [9.17, 15) is 17.6 Å². The zero-order valence-corrected chi connectivity index (χ0v) is 11.1. The molecule has 7 heteroatoms. The van der Waals surface area contributed by atoms with Gasteiger partial charge < -0.3 is 10.5 Å². The second-order valence-corrected chi connectivity index (χ2v) is 3.90. The maximum Gasteiger partial charge on any atom is 0.461 e.